The first kappa shape index (κ1) is 53.4. The summed E-state index contributed by atoms with van der Waals surface area (Å²) in [6.45, 7) is 6.51. The Morgan fingerprint density at radius 3 is 1.07 bits per heavy atom. The molecule has 0 spiro atoms. The summed E-state index contributed by atoms with van der Waals surface area (Å²) in [5.41, 5.74) is 0. The molecule has 6 nitrogen and oxygen atoms in total. The van der Waals surface area contributed by atoms with E-state index in [0.29, 0.717) is 19.3 Å². The van der Waals surface area contributed by atoms with Crippen LogP contribution in [-0.4, -0.2) is 37.2 Å². The number of esters is 3. The molecule has 0 aliphatic heterocycles. The summed E-state index contributed by atoms with van der Waals surface area (Å²) < 4.78 is 16.6. The molecule has 0 aromatic heterocycles. The van der Waals surface area contributed by atoms with Gasteiger partial charge in [0.2, 0.25) is 0 Å². The molecular formula is C50H88O6. The second-order valence-corrected chi connectivity index (χ2v) is 15.7. The van der Waals surface area contributed by atoms with Crippen LogP contribution in [0.1, 0.15) is 233 Å². The van der Waals surface area contributed by atoms with Crippen molar-refractivity contribution in [3.05, 3.63) is 48.6 Å². The topological polar surface area (TPSA) is 78.9 Å². The molecule has 0 bridgehead atoms. The third-order valence-electron chi connectivity index (χ3n) is 10.1. The number of hydrogen-bond acceptors (Lipinski definition) is 6. The molecule has 0 fully saturated rings. The van der Waals surface area contributed by atoms with Crippen LogP contribution in [0.5, 0.6) is 0 Å². The molecule has 0 aliphatic rings. The summed E-state index contributed by atoms with van der Waals surface area (Å²) in [5, 5.41) is 0. The van der Waals surface area contributed by atoms with Gasteiger partial charge in [-0.1, -0.05) is 179 Å². The minimum Gasteiger partial charge on any atom is -0.462 e. The van der Waals surface area contributed by atoms with Crippen LogP contribution >= 0.6 is 0 Å². The summed E-state index contributed by atoms with van der Waals surface area (Å²) in [5.74, 6) is -0.912. The quantitative estimate of drug-likeness (QED) is 0.0265. The lowest BCUT2D eigenvalue weighted by atomic mass is 10.1. The van der Waals surface area contributed by atoms with Crippen molar-refractivity contribution in [3.8, 4) is 0 Å². The maximum Gasteiger partial charge on any atom is 0.306 e. The number of carbonyl (C=O) groups excluding carboxylic acids is 3. The monoisotopic (exact) mass is 785 g/mol. The third-order valence-corrected chi connectivity index (χ3v) is 10.1. The van der Waals surface area contributed by atoms with Crippen molar-refractivity contribution in [1.29, 1.82) is 0 Å². The van der Waals surface area contributed by atoms with Gasteiger partial charge in [0, 0.05) is 19.3 Å². The number of rotatable bonds is 42. The van der Waals surface area contributed by atoms with Gasteiger partial charge in [-0.3, -0.25) is 14.4 Å². The highest BCUT2D eigenvalue weighted by atomic mass is 16.6. The highest BCUT2D eigenvalue weighted by molar-refractivity contribution is 5.71. The Bertz CT molecular complexity index is 996. The fraction of sp³-hybridized carbons (Fsp3) is 0.780. The molecular weight excluding hydrogens is 697 g/mol. The van der Waals surface area contributed by atoms with Crippen LogP contribution in [0, 0.1) is 0 Å². The molecule has 0 amide bonds. The van der Waals surface area contributed by atoms with E-state index in [4.69, 9.17) is 14.2 Å². The fourth-order valence-corrected chi connectivity index (χ4v) is 6.44. The predicted octanol–water partition coefficient (Wildman–Crippen LogP) is 15.1. The minimum absolute atomic E-state index is 0.0808. The van der Waals surface area contributed by atoms with Crippen LogP contribution < -0.4 is 0 Å². The van der Waals surface area contributed by atoms with E-state index in [2.05, 4.69) is 69.4 Å². The lowest BCUT2D eigenvalue weighted by molar-refractivity contribution is -0.167. The van der Waals surface area contributed by atoms with Crippen LogP contribution in [0.25, 0.3) is 0 Å². The van der Waals surface area contributed by atoms with Gasteiger partial charge < -0.3 is 14.2 Å². The van der Waals surface area contributed by atoms with Gasteiger partial charge in [0.25, 0.3) is 0 Å². The Labute approximate surface area is 346 Å². The van der Waals surface area contributed by atoms with Gasteiger partial charge in [-0.25, -0.2) is 0 Å². The Balaban J connectivity index is 4.26. The van der Waals surface area contributed by atoms with Gasteiger partial charge in [-0.2, -0.15) is 0 Å². The van der Waals surface area contributed by atoms with E-state index in [1.54, 1.807) is 0 Å². The van der Waals surface area contributed by atoms with Crippen molar-refractivity contribution < 1.29 is 28.6 Å². The molecule has 0 aliphatic carbocycles. The van der Waals surface area contributed by atoms with Gasteiger partial charge in [0.05, 0.1) is 0 Å². The second-order valence-electron chi connectivity index (χ2n) is 15.7. The predicted molar refractivity (Wildman–Crippen MR) is 238 cm³/mol. The van der Waals surface area contributed by atoms with Crippen molar-refractivity contribution in [2.24, 2.45) is 0 Å². The summed E-state index contributed by atoms with van der Waals surface area (Å²) in [4.78, 5) is 37.6. The Kier molecular flexibility index (Phi) is 43.0. The maximum atomic E-state index is 12.7. The summed E-state index contributed by atoms with van der Waals surface area (Å²) in [6, 6.07) is 0. The van der Waals surface area contributed by atoms with Crippen LogP contribution in [-0.2, 0) is 28.6 Å². The molecule has 56 heavy (non-hydrogen) atoms. The van der Waals surface area contributed by atoms with Crippen molar-refractivity contribution in [2.75, 3.05) is 13.2 Å². The highest BCUT2D eigenvalue weighted by Crippen LogP contribution is 2.13. The molecule has 0 aromatic rings. The molecule has 324 valence electrons. The first-order valence-electron chi connectivity index (χ1n) is 23.6. The van der Waals surface area contributed by atoms with Crippen LogP contribution in [0.2, 0.25) is 0 Å². The van der Waals surface area contributed by atoms with Crippen LogP contribution in [0.15, 0.2) is 48.6 Å². The lowest BCUT2D eigenvalue weighted by Gasteiger charge is -2.18. The van der Waals surface area contributed by atoms with Crippen molar-refractivity contribution >= 4 is 17.9 Å². The molecule has 0 N–H and O–H groups in total. The molecule has 0 rings (SSSR count). The average Bonchev–Trinajstić information content (AvgIpc) is 3.19. The standard InChI is InChI=1S/C50H88O6/c1-4-7-10-13-16-18-20-22-23-24-25-26-27-29-30-32-34-37-40-43-49(52)55-46-47(45-54-48(51)42-39-36-15-12-9-6-3)56-50(53)44-41-38-35-33-31-28-21-19-17-14-11-8-5-2/h16,18-19,21-23,25-26,47H,4-15,17,20,24,27-46H2,1-3H3/b18-16-,21-19-,23-22-,26-25-. The lowest BCUT2D eigenvalue weighted by Crippen LogP contribution is -2.30. The van der Waals surface area contributed by atoms with E-state index in [-0.39, 0.29) is 31.1 Å². The van der Waals surface area contributed by atoms with Gasteiger partial charge >= 0.3 is 17.9 Å². The molecule has 1 unspecified atom stereocenters. The first-order valence-corrected chi connectivity index (χ1v) is 23.6. The zero-order valence-electron chi connectivity index (χ0n) is 36.9. The average molecular weight is 785 g/mol. The fourth-order valence-electron chi connectivity index (χ4n) is 6.44. The summed E-state index contributed by atoms with van der Waals surface area (Å²) in [7, 11) is 0. The number of ether oxygens (including phenoxy) is 3. The highest BCUT2D eigenvalue weighted by Gasteiger charge is 2.19. The SMILES string of the molecule is CCCCC/C=C\C/C=C\C/C=C\CCCCCCCCC(=O)OCC(COC(=O)CCCCCCCC)OC(=O)CCCCCCC/C=C\CCCCCC. The molecule has 6 heteroatoms. The van der Waals surface area contributed by atoms with Gasteiger partial charge in [-0.05, 0) is 83.5 Å². The minimum atomic E-state index is -0.777. The number of allylic oxidation sites excluding steroid dienone is 8. The Morgan fingerprint density at radius 1 is 0.357 bits per heavy atom. The second kappa shape index (κ2) is 45.1. The molecule has 0 heterocycles. The van der Waals surface area contributed by atoms with Crippen molar-refractivity contribution in [3.63, 3.8) is 0 Å². The van der Waals surface area contributed by atoms with E-state index in [1.807, 2.05) is 0 Å². The number of unbranched alkanes of at least 4 members (excludes halogenated alkanes) is 23. The smallest absolute Gasteiger partial charge is 0.306 e. The molecule has 1 atom stereocenters. The first-order chi connectivity index (χ1) is 27.5. The van der Waals surface area contributed by atoms with E-state index in [0.717, 1.165) is 89.9 Å². The molecule has 0 aromatic carbocycles. The third kappa shape index (κ3) is 42.5. The number of hydrogen-bond donors (Lipinski definition) is 0. The molecule has 0 radical (unpaired) electrons. The van der Waals surface area contributed by atoms with Crippen molar-refractivity contribution in [1.82, 2.24) is 0 Å². The van der Waals surface area contributed by atoms with Gasteiger partial charge in [0.15, 0.2) is 6.10 Å². The van der Waals surface area contributed by atoms with Crippen LogP contribution in [0.4, 0.5) is 0 Å². The van der Waals surface area contributed by atoms with Gasteiger partial charge in [-0.15, -0.1) is 0 Å². The number of carbonyl (C=O) groups is 3. The van der Waals surface area contributed by atoms with E-state index < -0.39 is 6.10 Å². The zero-order valence-corrected chi connectivity index (χ0v) is 36.9. The summed E-state index contributed by atoms with van der Waals surface area (Å²) in [6.07, 6.45) is 52.5. The van der Waals surface area contributed by atoms with E-state index >= 15 is 0 Å². The summed E-state index contributed by atoms with van der Waals surface area (Å²) >= 11 is 0. The largest absolute Gasteiger partial charge is 0.462 e. The maximum absolute atomic E-state index is 12.7. The molecule has 0 saturated carbocycles. The van der Waals surface area contributed by atoms with Crippen LogP contribution in [0.3, 0.4) is 0 Å². The van der Waals surface area contributed by atoms with Gasteiger partial charge in [0.1, 0.15) is 13.2 Å². The van der Waals surface area contributed by atoms with E-state index in [9.17, 15) is 14.4 Å². The Hall–Kier alpha value is -2.63. The Morgan fingerprint density at radius 2 is 0.643 bits per heavy atom. The molecule has 0 saturated heterocycles. The van der Waals surface area contributed by atoms with E-state index in [1.165, 1.54) is 103 Å². The zero-order chi connectivity index (χ0) is 40.8. The normalized spacial score (nSPS) is 12.4. The van der Waals surface area contributed by atoms with Crippen molar-refractivity contribution in [2.45, 2.75) is 239 Å².